The summed E-state index contributed by atoms with van der Waals surface area (Å²) in [6.45, 7) is 0. The van der Waals surface area contributed by atoms with Gasteiger partial charge >= 0.3 is 0 Å². The first-order valence-electron chi connectivity index (χ1n) is 6.88. The summed E-state index contributed by atoms with van der Waals surface area (Å²) in [6.07, 6.45) is 6.24. The number of Topliss-reactive ketones (excluding diaryl/α,β-unsaturated/α-hetero) is 2. The lowest BCUT2D eigenvalue weighted by Crippen LogP contribution is -2.14. The molecule has 0 bridgehead atoms. The van der Waals surface area contributed by atoms with Crippen LogP contribution in [0.15, 0.2) is 30.3 Å². The van der Waals surface area contributed by atoms with Crippen molar-refractivity contribution < 1.29 is 9.59 Å². The van der Waals surface area contributed by atoms with Crippen molar-refractivity contribution in [1.29, 1.82) is 0 Å². The minimum Gasteiger partial charge on any atom is -0.299 e. The first-order valence-corrected chi connectivity index (χ1v) is 6.88. The van der Waals surface area contributed by atoms with E-state index in [1.807, 2.05) is 30.3 Å². The molecule has 2 heteroatoms. The van der Waals surface area contributed by atoms with Crippen molar-refractivity contribution in [3.05, 3.63) is 35.9 Å². The van der Waals surface area contributed by atoms with Gasteiger partial charge in [-0.2, -0.15) is 0 Å². The number of carbonyl (C=O) groups excluding carboxylic acids is 2. The average molecular weight is 244 g/mol. The zero-order valence-corrected chi connectivity index (χ0v) is 10.7. The number of hydrogen-bond acceptors (Lipinski definition) is 2. The Bertz CT molecular complexity index is 408. The van der Waals surface area contributed by atoms with Crippen LogP contribution in [-0.2, 0) is 4.79 Å². The van der Waals surface area contributed by atoms with E-state index in [0.29, 0.717) is 18.6 Å². The van der Waals surface area contributed by atoms with Crippen LogP contribution in [0.2, 0.25) is 0 Å². The standard InChI is InChI=1S/C16H20O2/c17-15-10-6-2-5-9-14(15)11-12-16(18)13-7-3-1-4-8-13/h1,3-4,7-8,14H,2,5-6,9-12H2. The summed E-state index contributed by atoms with van der Waals surface area (Å²) in [6, 6.07) is 9.36. The summed E-state index contributed by atoms with van der Waals surface area (Å²) < 4.78 is 0. The van der Waals surface area contributed by atoms with Gasteiger partial charge in [-0.15, -0.1) is 0 Å². The monoisotopic (exact) mass is 244 g/mol. The molecule has 0 spiro atoms. The number of benzene rings is 1. The molecule has 1 atom stereocenters. The molecule has 1 aliphatic rings. The molecule has 1 saturated carbocycles. The molecule has 1 unspecified atom stereocenters. The second-order valence-corrected chi connectivity index (χ2v) is 5.09. The lowest BCUT2D eigenvalue weighted by atomic mass is 9.91. The number of carbonyl (C=O) groups is 2. The van der Waals surface area contributed by atoms with Gasteiger partial charge in [-0.25, -0.2) is 0 Å². The Morgan fingerprint density at radius 3 is 2.67 bits per heavy atom. The molecule has 0 amide bonds. The predicted molar refractivity (Wildman–Crippen MR) is 71.6 cm³/mol. The van der Waals surface area contributed by atoms with E-state index in [2.05, 4.69) is 0 Å². The molecule has 0 radical (unpaired) electrons. The molecule has 96 valence electrons. The van der Waals surface area contributed by atoms with Gasteiger partial charge in [0.1, 0.15) is 5.78 Å². The van der Waals surface area contributed by atoms with Crippen LogP contribution < -0.4 is 0 Å². The highest BCUT2D eigenvalue weighted by molar-refractivity contribution is 5.96. The molecule has 0 N–H and O–H groups in total. The van der Waals surface area contributed by atoms with Crippen molar-refractivity contribution in [3.63, 3.8) is 0 Å². The summed E-state index contributed by atoms with van der Waals surface area (Å²) in [4.78, 5) is 23.8. The lowest BCUT2D eigenvalue weighted by Gasteiger charge is -2.11. The third-order valence-electron chi connectivity index (χ3n) is 3.75. The quantitative estimate of drug-likeness (QED) is 0.596. The van der Waals surface area contributed by atoms with Crippen LogP contribution in [-0.4, -0.2) is 11.6 Å². The van der Waals surface area contributed by atoms with Crippen molar-refractivity contribution in [2.45, 2.75) is 44.9 Å². The maximum Gasteiger partial charge on any atom is 0.162 e. The average Bonchev–Trinajstić information content (AvgIpc) is 2.62. The summed E-state index contributed by atoms with van der Waals surface area (Å²) in [5.74, 6) is 0.654. The molecule has 0 saturated heterocycles. The third kappa shape index (κ3) is 3.52. The van der Waals surface area contributed by atoms with E-state index in [1.165, 1.54) is 0 Å². The number of ketones is 2. The van der Waals surface area contributed by atoms with E-state index in [1.54, 1.807) is 0 Å². The van der Waals surface area contributed by atoms with E-state index < -0.39 is 0 Å². The fourth-order valence-corrected chi connectivity index (χ4v) is 2.61. The van der Waals surface area contributed by atoms with Crippen LogP contribution in [0.5, 0.6) is 0 Å². The van der Waals surface area contributed by atoms with E-state index >= 15 is 0 Å². The fraction of sp³-hybridized carbons (Fsp3) is 0.500. The van der Waals surface area contributed by atoms with Crippen LogP contribution in [0.3, 0.4) is 0 Å². The molecule has 2 rings (SSSR count). The Morgan fingerprint density at radius 1 is 1.11 bits per heavy atom. The van der Waals surface area contributed by atoms with E-state index in [-0.39, 0.29) is 11.7 Å². The summed E-state index contributed by atoms with van der Waals surface area (Å²) in [5, 5.41) is 0. The van der Waals surface area contributed by atoms with Crippen LogP contribution in [0.4, 0.5) is 0 Å². The van der Waals surface area contributed by atoms with Crippen LogP contribution >= 0.6 is 0 Å². The van der Waals surface area contributed by atoms with Crippen molar-refractivity contribution in [2.75, 3.05) is 0 Å². The topological polar surface area (TPSA) is 34.1 Å². The molecular formula is C16H20O2. The van der Waals surface area contributed by atoms with E-state index in [4.69, 9.17) is 0 Å². The second kappa shape index (κ2) is 6.48. The highest BCUT2D eigenvalue weighted by Crippen LogP contribution is 2.24. The molecule has 0 heterocycles. The number of rotatable bonds is 4. The minimum atomic E-state index is 0.125. The Hall–Kier alpha value is -1.44. The van der Waals surface area contributed by atoms with Gasteiger partial charge in [0.25, 0.3) is 0 Å². The molecule has 1 fully saturated rings. The summed E-state index contributed by atoms with van der Waals surface area (Å²) in [5.41, 5.74) is 0.763. The maximum absolute atomic E-state index is 12.0. The highest BCUT2D eigenvalue weighted by atomic mass is 16.1. The molecule has 0 aliphatic heterocycles. The normalized spacial score (nSPS) is 20.4. The third-order valence-corrected chi connectivity index (χ3v) is 3.75. The van der Waals surface area contributed by atoms with Gasteiger partial charge in [0.2, 0.25) is 0 Å². The van der Waals surface area contributed by atoms with Crippen LogP contribution in [0.1, 0.15) is 55.3 Å². The second-order valence-electron chi connectivity index (χ2n) is 5.09. The van der Waals surface area contributed by atoms with Gasteiger partial charge in [0.15, 0.2) is 5.78 Å². The van der Waals surface area contributed by atoms with Gasteiger partial charge in [0.05, 0.1) is 0 Å². The first-order chi connectivity index (χ1) is 8.77. The Kier molecular flexibility index (Phi) is 4.68. The molecule has 18 heavy (non-hydrogen) atoms. The summed E-state index contributed by atoms with van der Waals surface area (Å²) >= 11 is 0. The smallest absolute Gasteiger partial charge is 0.162 e. The minimum absolute atomic E-state index is 0.125. The molecule has 0 aromatic heterocycles. The largest absolute Gasteiger partial charge is 0.299 e. The molecule has 2 nitrogen and oxygen atoms in total. The Balaban J connectivity index is 1.87. The van der Waals surface area contributed by atoms with Crippen molar-refractivity contribution >= 4 is 11.6 Å². The highest BCUT2D eigenvalue weighted by Gasteiger charge is 2.21. The molecule has 1 aromatic rings. The van der Waals surface area contributed by atoms with Gasteiger partial charge in [0, 0.05) is 24.3 Å². The van der Waals surface area contributed by atoms with Gasteiger partial charge < -0.3 is 0 Å². The first kappa shape index (κ1) is 13.0. The van der Waals surface area contributed by atoms with Gasteiger partial charge in [-0.3, -0.25) is 9.59 Å². The molecule has 1 aliphatic carbocycles. The predicted octanol–water partition coefficient (Wildman–Crippen LogP) is 3.80. The molecular weight excluding hydrogens is 224 g/mol. The number of hydrogen-bond donors (Lipinski definition) is 0. The van der Waals surface area contributed by atoms with Crippen molar-refractivity contribution in [3.8, 4) is 0 Å². The zero-order chi connectivity index (χ0) is 12.8. The van der Waals surface area contributed by atoms with Crippen molar-refractivity contribution in [2.24, 2.45) is 5.92 Å². The van der Waals surface area contributed by atoms with Crippen LogP contribution in [0, 0.1) is 5.92 Å². The lowest BCUT2D eigenvalue weighted by molar-refractivity contribution is -0.122. The maximum atomic E-state index is 12.0. The van der Waals surface area contributed by atoms with Gasteiger partial charge in [-0.05, 0) is 19.3 Å². The SMILES string of the molecule is O=C(CCC1CCCCCC1=O)c1ccccc1. The Labute approximate surface area is 108 Å². The Morgan fingerprint density at radius 2 is 1.89 bits per heavy atom. The zero-order valence-electron chi connectivity index (χ0n) is 10.7. The van der Waals surface area contributed by atoms with E-state index in [9.17, 15) is 9.59 Å². The summed E-state index contributed by atoms with van der Waals surface area (Å²) in [7, 11) is 0. The van der Waals surface area contributed by atoms with Crippen LogP contribution in [0.25, 0.3) is 0 Å². The van der Waals surface area contributed by atoms with Crippen molar-refractivity contribution in [1.82, 2.24) is 0 Å². The van der Waals surface area contributed by atoms with Gasteiger partial charge in [-0.1, -0.05) is 43.2 Å². The van der Waals surface area contributed by atoms with E-state index in [0.717, 1.165) is 37.7 Å². The fourth-order valence-electron chi connectivity index (χ4n) is 2.61. The molecule has 1 aromatic carbocycles.